The van der Waals surface area contributed by atoms with Crippen molar-refractivity contribution in [2.24, 2.45) is 0 Å². The summed E-state index contributed by atoms with van der Waals surface area (Å²) in [6.45, 7) is 1.71. The highest BCUT2D eigenvalue weighted by Gasteiger charge is 2.54. The summed E-state index contributed by atoms with van der Waals surface area (Å²) >= 11 is 0. The van der Waals surface area contributed by atoms with Crippen molar-refractivity contribution >= 4 is 27.5 Å². The second kappa shape index (κ2) is 10.3. The normalized spacial score (nSPS) is 26.0. The molecule has 0 radical (unpaired) electrons. The summed E-state index contributed by atoms with van der Waals surface area (Å²) in [4.78, 5) is 18.8. The van der Waals surface area contributed by atoms with Crippen molar-refractivity contribution in [3.63, 3.8) is 0 Å². The number of benzene rings is 2. The molecule has 47 heavy (non-hydrogen) atoms. The summed E-state index contributed by atoms with van der Waals surface area (Å²) in [6, 6.07) is 5.48. The maximum absolute atomic E-state index is 17.1. The van der Waals surface area contributed by atoms with Crippen LogP contribution in [-0.2, 0) is 0 Å². The van der Waals surface area contributed by atoms with Gasteiger partial charge in [0.15, 0.2) is 5.82 Å². The molecule has 1 saturated carbocycles. The molecule has 11 heteroatoms. The average molecular weight is 642 g/mol. The zero-order valence-corrected chi connectivity index (χ0v) is 25.9. The van der Waals surface area contributed by atoms with Gasteiger partial charge in [0.1, 0.15) is 53.4 Å². The minimum absolute atomic E-state index is 0.00913. The summed E-state index contributed by atoms with van der Waals surface area (Å²) < 4.78 is 59.4. The molecule has 3 atom stereocenters. The molecule has 4 aliphatic heterocycles. The third-order valence-corrected chi connectivity index (χ3v) is 11.2. The molecule has 5 aliphatic rings. The number of pyridine rings is 1. The predicted molar refractivity (Wildman–Crippen MR) is 171 cm³/mol. The summed E-state index contributed by atoms with van der Waals surface area (Å²) in [5.41, 5.74) is -0.718. The fourth-order valence-electron chi connectivity index (χ4n) is 8.86. The molecule has 4 fully saturated rings. The van der Waals surface area contributed by atoms with Crippen LogP contribution in [0.4, 0.5) is 19.0 Å². The van der Waals surface area contributed by atoms with E-state index in [0.717, 1.165) is 57.9 Å². The van der Waals surface area contributed by atoms with Crippen molar-refractivity contribution in [2.45, 2.75) is 81.1 Å². The lowest BCUT2D eigenvalue weighted by molar-refractivity contribution is 0.107. The third-order valence-electron chi connectivity index (χ3n) is 11.2. The molecule has 1 spiro atoms. The monoisotopic (exact) mass is 641 g/mol. The Morgan fingerprint density at radius 1 is 1.06 bits per heavy atom. The van der Waals surface area contributed by atoms with Gasteiger partial charge >= 0.3 is 6.01 Å². The first kappa shape index (κ1) is 28.9. The zero-order valence-electron chi connectivity index (χ0n) is 25.9. The Kier molecular flexibility index (Phi) is 6.36. The van der Waals surface area contributed by atoms with Gasteiger partial charge in [-0.15, -0.1) is 6.42 Å². The second-order valence-electron chi connectivity index (χ2n) is 14.0. The van der Waals surface area contributed by atoms with Crippen LogP contribution in [0.3, 0.4) is 0 Å². The van der Waals surface area contributed by atoms with Crippen molar-refractivity contribution < 1.29 is 27.8 Å². The molecule has 6 heterocycles. The summed E-state index contributed by atoms with van der Waals surface area (Å²) in [7, 11) is 0. The number of halogens is 3. The van der Waals surface area contributed by atoms with Crippen molar-refractivity contribution in [1.82, 2.24) is 19.9 Å². The Labute approximate surface area is 269 Å². The number of phenols is 1. The van der Waals surface area contributed by atoms with Gasteiger partial charge in [0.2, 0.25) is 5.88 Å². The van der Waals surface area contributed by atoms with Crippen molar-refractivity contribution in [2.75, 3.05) is 31.2 Å². The second-order valence-corrected chi connectivity index (χ2v) is 14.0. The Bertz CT molecular complexity index is 2010. The lowest BCUT2D eigenvalue weighted by Gasteiger charge is -2.37. The minimum Gasteiger partial charge on any atom is -0.508 e. The number of ether oxygens (including phenoxy) is 2. The topological polar surface area (TPSA) is 83.8 Å². The number of rotatable bonds is 4. The minimum atomic E-state index is -0.922. The van der Waals surface area contributed by atoms with E-state index >= 15 is 4.39 Å². The molecule has 1 aliphatic carbocycles. The number of hydrogen-bond donors (Lipinski definition) is 1. The Hall–Kier alpha value is -4.30. The molecule has 0 amide bonds. The Balaban J connectivity index is 1.27. The molecule has 1 N–H and O–H groups in total. The molecule has 1 unspecified atom stereocenters. The molecule has 2 aromatic carbocycles. The number of phenolic OH excluding ortho intramolecular Hbond substituents is 1. The average Bonchev–Trinajstić information content (AvgIpc) is 3.71. The SMILES string of the molecule is C#Cc1c(F)ccc2cc(O)cc(-c3nc4c5c(nc(OC[C@@]67CCCN6C[C@H](F)C7)nc5c3F)N3C(CCCCC35CC5)CO4)c12. The Morgan fingerprint density at radius 3 is 2.77 bits per heavy atom. The first-order valence-corrected chi connectivity index (χ1v) is 16.6. The van der Waals surface area contributed by atoms with E-state index in [0.29, 0.717) is 36.2 Å². The van der Waals surface area contributed by atoms with E-state index in [-0.39, 0.29) is 63.6 Å². The summed E-state index contributed by atoms with van der Waals surface area (Å²) in [6.07, 6.45) is 13.0. The maximum Gasteiger partial charge on any atom is 0.319 e. The van der Waals surface area contributed by atoms with E-state index in [1.807, 2.05) is 0 Å². The van der Waals surface area contributed by atoms with Crippen LogP contribution in [0.5, 0.6) is 17.6 Å². The maximum atomic E-state index is 17.1. The van der Waals surface area contributed by atoms with Gasteiger partial charge in [-0.1, -0.05) is 24.8 Å². The van der Waals surface area contributed by atoms with E-state index in [1.165, 1.54) is 24.3 Å². The van der Waals surface area contributed by atoms with Gasteiger partial charge in [-0.3, -0.25) is 4.90 Å². The lowest BCUT2D eigenvalue weighted by Crippen LogP contribution is -2.47. The smallest absolute Gasteiger partial charge is 0.319 e. The van der Waals surface area contributed by atoms with Crippen LogP contribution < -0.4 is 14.4 Å². The van der Waals surface area contributed by atoms with E-state index in [1.54, 1.807) is 0 Å². The van der Waals surface area contributed by atoms with Crippen LogP contribution in [0.15, 0.2) is 24.3 Å². The highest BCUT2D eigenvalue weighted by molar-refractivity contribution is 6.04. The highest BCUT2D eigenvalue weighted by Crippen LogP contribution is 2.54. The molecular formula is C36H34F3N5O3. The van der Waals surface area contributed by atoms with Gasteiger partial charge in [0, 0.05) is 29.5 Å². The van der Waals surface area contributed by atoms with E-state index in [9.17, 15) is 13.9 Å². The molecule has 9 rings (SSSR count). The van der Waals surface area contributed by atoms with Crippen LogP contribution in [0.1, 0.15) is 63.4 Å². The molecule has 0 bridgehead atoms. The fourth-order valence-corrected chi connectivity index (χ4v) is 8.86. The van der Waals surface area contributed by atoms with Crippen LogP contribution in [-0.4, -0.2) is 74.6 Å². The quantitative estimate of drug-likeness (QED) is 0.255. The first-order valence-electron chi connectivity index (χ1n) is 16.6. The molecule has 2 aromatic heterocycles. The number of alkyl halides is 1. The van der Waals surface area contributed by atoms with Gasteiger partial charge in [0.05, 0.1) is 17.1 Å². The molecule has 8 nitrogen and oxygen atoms in total. The molecular weight excluding hydrogens is 607 g/mol. The summed E-state index contributed by atoms with van der Waals surface area (Å²) in [5, 5.41) is 11.7. The summed E-state index contributed by atoms with van der Waals surface area (Å²) in [5.74, 6) is 1.49. The van der Waals surface area contributed by atoms with Gasteiger partial charge in [-0.05, 0) is 68.7 Å². The highest BCUT2D eigenvalue weighted by atomic mass is 19.1. The van der Waals surface area contributed by atoms with Gasteiger partial charge in [-0.2, -0.15) is 9.97 Å². The Morgan fingerprint density at radius 2 is 1.94 bits per heavy atom. The largest absolute Gasteiger partial charge is 0.508 e. The van der Waals surface area contributed by atoms with Crippen molar-refractivity contribution in [3.05, 3.63) is 41.5 Å². The van der Waals surface area contributed by atoms with Crippen LogP contribution in [0, 0.1) is 24.0 Å². The standard InChI is InChI=1S/C36H34F3N5O3/c1-2-24-26(38)8-7-20-14-23(45)15-25(27(20)24)30-29(39)31-28-32(42-34(41-31)47-19-36-10-5-13-43(36)17-21(37)16-36)44-22(18-46-33(28)40-30)6-3-4-9-35(44)11-12-35/h1,7-8,14-15,21-22,45H,3-6,9-13,16-19H2/t21-,22?,36+/m1/s1. The van der Waals surface area contributed by atoms with Crippen LogP contribution in [0.25, 0.3) is 32.9 Å². The number of anilines is 1. The molecule has 242 valence electrons. The fraction of sp³-hybridized carbons (Fsp3) is 0.472. The van der Waals surface area contributed by atoms with Gasteiger partial charge < -0.3 is 19.5 Å². The number of nitrogens with zero attached hydrogens (tertiary/aromatic N) is 5. The first-order chi connectivity index (χ1) is 22.8. The zero-order chi connectivity index (χ0) is 32.1. The van der Waals surface area contributed by atoms with Crippen LogP contribution in [0.2, 0.25) is 0 Å². The number of aromatic nitrogens is 3. The predicted octanol–water partition coefficient (Wildman–Crippen LogP) is 6.44. The van der Waals surface area contributed by atoms with Crippen molar-refractivity contribution in [3.8, 4) is 41.2 Å². The number of aromatic hydroxyl groups is 1. The number of terminal acetylenes is 1. The van der Waals surface area contributed by atoms with E-state index < -0.39 is 23.3 Å². The number of hydrogen-bond acceptors (Lipinski definition) is 8. The molecule has 4 aromatic rings. The van der Waals surface area contributed by atoms with Crippen LogP contribution >= 0.6 is 0 Å². The lowest BCUT2D eigenvalue weighted by atomic mass is 9.95. The van der Waals surface area contributed by atoms with Crippen molar-refractivity contribution in [1.29, 1.82) is 0 Å². The number of fused-ring (bicyclic) bond motifs is 5. The van der Waals surface area contributed by atoms with E-state index in [4.69, 9.17) is 25.9 Å². The third kappa shape index (κ3) is 4.37. The van der Waals surface area contributed by atoms with E-state index in [2.05, 4.69) is 20.7 Å². The van der Waals surface area contributed by atoms with Gasteiger partial charge in [0.25, 0.3) is 0 Å². The van der Waals surface area contributed by atoms with Gasteiger partial charge in [-0.25, -0.2) is 18.2 Å². The molecule has 3 saturated heterocycles.